The molecule has 0 bridgehead atoms. The van der Waals surface area contributed by atoms with Crippen LogP contribution in [0.15, 0.2) is 0 Å². The molecule has 1 saturated carbocycles. The van der Waals surface area contributed by atoms with E-state index in [0.717, 1.165) is 19.3 Å². The summed E-state index contributed by atoms with van der Waals surface area (Å²) in [6, 6.07) is -0.287. The normalized spacial score (nSPS) is 28.3. The van der Waals surface area contributed by atoms with Crippen LogP contribution in [0.4, 0.5) is 0 Å². The number of carboxylic acid groups (broad SMARTS) is 1. The third-order valence-electron chi connectivity index (χ3n) is 2.94. The quantitative estimate of drug-likeness (QED) is 0.618. The first-order valence-electron chi connectivity index (χ1n) is 5.29. The molecule has 0 heterocycles. The summed E-state index contributed by atoms with van der Waals surface area (Å²) in [4.78, 5) is 21.6. The van der Waals surface area contributed by atoms with Crippen molar-refractivity contribution in [3.63, 3.8) is 0 Å². The molecule has 5 nitrogen and oxygen atoms in total. The van der Waals surface area contributed by atoms with Crippen molar-refractivity contribution in [2.75, 3.05) is 0 Å². The molecule has 1 aliphatic carbocycles. The van der Waals surface area contributed by atoms with Crippen LogP contribution in [0.1, 0.15) is 32.6 Å². The van der Waals surface area contributed by atoms with Crippen LogP contribution in [-0.4, -0.2) is 29.1 Å². The fourth-order valence-electron chi connectivity index (χ4n) is 2.00. The number of hydrogen-bond donors (Lipinski definition) is 3. The molecule has 1 rings (SSSR count). The van der Waals surface area contributed by atoms with Gasteiger partial charge in [0.15, 0.2) is 0 Å². The number of carboxylic acids is 1. The Morgan fingerprint density at radius 3 is 2.67 bits per heavy atom. The number of aliphatic carboxylic acids is 1. The topological polar surface area (TPSA) is 92.4 Å². The minimum absolute atomic E-state index is 0.0994. The van der Waals surface area contributed by atoms with Gasteiger partial charge in [0.1, 0.15) is 0 Å². The van der Waals surface area contributed by atoms with Crippen molar-refractivity contribution in [1.82, 2.24) is 5.32 Å². The number of carbonyl (C=O) groups is 2. The summed E-state index contributed by atoms with van der Waals surface area (Å²) in [5, 5.41) is 11.9. The summed E-state index contributed by atoms with van der Waals surface area (Å²) in [5.74, 6) is -1.42. The molecule has 0 aromatic rings. The van der Waals surface area contributed by atoms with E-state index in [1.54, 1.807) is 6.92 Å². The molecule has 15 heavy (non-hydrogen) atoms. The molecule has 3 atom stereocenters. The number of carbonyl (C=O) groups excluding carboxylic acids is 1. The van der Waals surface area contributed by atoms with Crippen LogP contribution >= 0.6 is 0 Å². The Morgan fingerprint density at radius 2 is 2.13 bits per heavy atom. The van der Waals surface area contributed by atoms with E-state index in [0.29, 0.717) is 6.42 Å². The summed E-state index contributed by atoms with van der Waals surface area (Å²) >= 11 is 0. The van der Waals surface area contributed by atoms with Gasteiger partial charge in [-0.05, 0) is 26.2 Å². The van der Waals surface area contributed by atoms with Gasteiger partial charge in [0.05, 0.1) is 12.0 Å². The summed E-state index contributed by atoms with van der Waals surface area (Å²) in [6.07, 6.45) is 3.13. The van der Waals surface area contributed by atoms with E-state index in [-0.39, 0.29) is 18.0 Å². The highest BCUT2D eigenvalue weighted by Gasteiger charge is 2.28. The first-order valence-corrected chi connectivity index (χ1v) is 5.29. The van der Waals surface area contributed by atoms with Crippen molar-refractivity contribution in [3.05, 3.63) is 0 Å². The minimum Gasteiger partial charge on any atom is -0.481 e. The largest absolute Gasteiger partial charge is 0.481 e. The highest BCUT2D eigenvalue weighted by Crippen LogP contribution is 2.24. The third-order valence-corrected chi connectivity index (χ3v) is 2.94. The highest BCUT2D eigenvalue weighted by atomic mass is 16.4. The molecule has 1 amide bonds. The van der Waals surface area contributed by atoms with Gasteiger partial charge >= 0.3 is 5.97 Å². The van der Waals surface area contributed by atoms with Gasteiger partial charge in [-0.1, -0.05) is 6.42 Å². The lowest BCUT2D eigenvalue weighted by molar-refractivity contribution is -0.143. The van der Waals surface area contributed by atoms with Crippen molar-refractivity contribution in [3.8, 4) is 0 Å². The molecule has 1 aliphatic rings. The zero-order chi connectivity index (χ0) is 11.4. The molecular formula is C10H18N2O3. The fraction of sp³-hybridized carbons (Fsp3) is 0.800. The van der Waals surface area contributed by atoms with Crippen molar-refractivity contribution < 1.29 is 14.7 Å². The number of rotatable bonds is 4. The first kappa shape index (κ1) is 12.0. The zero-order valence-corrected chi connectivity index (χ0v) is 8.90. The SMILES string of the molecule is CC(NC1CCCC(C(=O)O)C1)C(N)=O. The molecule has 86 valence electrons. The summed E-state index contributed by atoms with van der Waals surface area (Å²) in [7, 11) is 0. The first-order chi connectivity index (χ1) is 7.00. The van der Waals surface area contributed by atoms with Gasteiger partial charge in [0.25, 0.3) is 0 Å². The second-order valence-corrected chi connectivity index (χ2v) is 4.19. The third kappa shape index (κ3) is 3.51. The lowest BCUT2D eigenvalue weighted by Gasteiger charge is -2.29. The molecule has 0 saturated heterocycles. The average Bonchev–Trinajstić information content (AvgIpc) is 2.18. The van der Waals surface area contributed by atoms with Gasteiger partial charge < -0.3 is 16.2 Å². The number of nitrogens with one attached hydrogen (secondary N) is 1. The fourth-order valence-corrected chi connectivity index (χ4v) is 2.00. The Labute approximate surface area is 89.0 Å². The minimum atomic E-state index is -0.742. The Kier molecular flexibility index (Phi) is 4.08. The van der Waals surface area contributed by atoms with Crippen molar-refractivity contribution >= 4 is 11.9 Å². The van der Waals surface area contributed by atoms with Gasteiger partial charge in [0, 0.05) is 6.04 Å². The average molecular weight is 214 g/mol. The Bertz CT molecular complexity index is 253. The van der Waals surface area contributed by atoms with Crippen molar-refractivity contribution in [2.45, 2.75) is 44.7 Å². The van der Waals surface area contributed by atoms with E-state index in [9.17, 15) is 9.59 Å². The van der Waals surface area contributed by atoms with Crippen LogP contribution in [-0.2, 0) is 9.59 Å². The van der Waals surface area contributed by atoms with Crippen LogP contribution in [0.3, 0.4) is 0 Å². The Morgan fingerprint density at radius 1 is 1.47 bits per heavy atom. The standard InChI is InChI=1S/C10H18N2O3/c1-6(9(11)13)12-8-4-2-3-7(5-8)10(14)15/h6-8,12H,2-5H2,1H3,(H2,11,13)(H,14,15). The van der Waals surface area contributed by atoms with E-state index in [4.69, 9.17) is 10.8 Å². The van der Waals surface area contributed by atoms with Gasteiger partial charge in [0.2, 0.25) is 5.91 Å². The lowest BCUT2D eigenvalue weighted by atomic mass is 9.85. The molecule has 0 aromatic carbocycles. The van der Waals surface area contributed by atoms with Crippen LogP contribution in [0, 0.1) is 5.92 Å². The lowest BCUT2D eigenvalue weighted by Crippen LogP contribution is -2.46. The van der Waals surface area contributed by atoms with Crippen molar-refractivity contribution in [2.24, 2.45) is 11.7 Å². The van der Waals surface area contributed by atoms with Crippen LogP contribution in [0.25, 0.3) is 0 Å². The predicted molar refractivity (Wildman–Crippen MR) is 55.2 cm³/mol. The van der Waals surface area contributed by atoms with Crippen molar-refractivity contribution in [1.29, 1.82) is 0 Å². The van der Waals surface area contributed by atoms with E-state index >= 15 is 0 Å². The molecule has 0 aromatic heterocycles. The predicted octanol–water partition coefficient (Wildman–Crippen LogP) is 0.0932. The smallest absolute Gasteiger partial charge is 0.306 e. The maximum Gasteiger partial charge on any atom is 0.306 e. The van der Waals surface area contributed by atoms with E-state index < -0.39 is 11.9 Å². The summed E-state index contributed by atoms with van der Waals surface area (Å²) in [5.41, 5.74) is 5.13. The van der Waals surface area contributed by atoms with E-state index in [2.05, 4.69) is 5.32 Å². The Hall–Kier alpha value is -1.10. The Balaban J connectivity index is 2.43. The highest BCUT2D eigenvalue weighted by molar-refractivity contribution is 5.79. The summed E-state index contributed by atoms with van der Waals surface area (Å²) in [6.45, 7) is 1.70. The van der Waals surface area contributed by atoms with Gasteiger partial charge in [-0.3, -0.25) is 9.59 Å². The zero-order valence-electron chi connectivity index (χ0n) is 8.90. The molecule has 5 heteroatoms. The van der Waals surface area contributed by atoms with Crippen LogP contribution in [0.2, 0.25) is 0 Å². The molecule has 0 radical (unpaired) electrons. The molecule has 1 fully saturated rings. The number of primary amides is 1. The number of hydrogen-bond acceptors (Lipinski definition) is 3. The number of nitrogens with two attached hydrogens (primary N) is 1. The molecule has 0 aliphatic heterocycles. The maximum atomic E-state index is 10.8. The monoisotopic (exact) mass is 214 g/mol. The second-order valence-electron chi connectivity index (χ2n) is 4.19. The molecule has 4 N–H and O–H groups in total. The van der Waals surface area contributed by atoms with Gasteiger partial charge in [-0.25, -0.2) is 0 Å². The number of amides is 1. The summed E-state index contributed by atoms with van der Waals surface area (Å²) < 4.78 is 0. The van der Waals surface area contributed by atoms with Crippen LogP contribution in [0.5, 0.6) is 0 Å². The van der Waals surface area contributed by atoms with Gasteiger partial charge in [-0.2, -0.15) is 0 Å². The molecular weight excluding hydrogens is 196 g/mol. The van der Waals surface area contributed by atoms with E-state index in [1.807, 2.05) is 0 Å². The molecule has 0 spiro atoms. The van der Waals surface area contributed by atoms with Crippen LogP contribution < -0.4 is 11.1 Å². The molecule has 3 unspecified atom stereocenters. The maximum absolute atomic E-state index is 10.8. The van der Waals surface area contributed by atoms with E-state index in [1.165, 1.54) is 0 Å². The van der Waals surface area contributed by atoms with Gasteiger partial charge in [-0.15, -0.1) is 0 Å². The second kappa shape index (κ2) is 5.11.